The Kier molecular flexibility index (Phi) is 6.05. The number of amides is 1. The standard InChI is InChI=1S/C13H26N2O3/c1-10(2)15-13(12(14)16,11-5-6-11)9-18-8-4-7-17-3/h10-11,15H,4-9H2,1-3H3,(H2,14,16). The highest BCUT2D eigenvalue weighted by atomic mass is 16.5. The Balaban J connectivity index is 2.50. The van der Waals surface area contributed by atoms with Crippen LogP contribution in [0.25, 0.3) is 0 Å². The fourth-order valence-corrected chi connectivity index (χ4v) is 2.25. The molecule has 1 aliphatic carbocycles. The quantitative estimate of drug-likeness (QED) is 0.565. The molecule has 5 heteroatoms. The van der Waals surface area contributed by atoms with E-state index < -0.39 is 5.54 Å². The van der Waals surface area contributed by atoms with Gasteiger partial charge in [-0.15, -0.1) is 0 Å². The molecule has 0 aromatic heterocycles. The minimum Gasteiger partial charge on any atom is -0.385 e. The number of carbonyl (C=O) groups is 1. The van der Waals surface area contributed by atoms with E-state index in [0.29, 0.717) is 25.7 Å². The second kappa shape index (κ2) is 7.07. The SMILES string of the molecule is COCCCOCC(NC(C)C)(C(N)=O)C1CC1. The minimum atomic E-state index is -0.693. The summed E-state index contributed by atoms with van der Waals surface area (Å²) in [7, 11) is 1.66. The summed E-state index contributed by atoms with van der Waals surface area (Å²) < 4.78 is 10.6. The summed E-state index contributed by atoms with van der Waals surface area (Å²) in [5.74, 6) is 0.0188. The number of carbonyl (C=O) groups excluding carboxylic acids is 1. The van der Waals surface area contributed by atoms with Gasteiger partial charge >= 0.3 is 0 Å². The molecular weight excluding hydrogens is 232 g/mol. The molecule has 1 atom stereocenters. The van der Waals surface area contributed by atoms with Crippen molar-refractivity contribution < 1.29 is 14.3 Å². The van der Waals surface area contributed by atoms with Crippen LogP contribution in [-0.2, 0) is 14.3 Å². The number of nitrogens with two attached hydrogens (primary N) is 1. The highest BCUT2D eigenvalue weighted by Crippen LogP contribution is 2.40. The Morgan fingerprint density at radius 3 is 2.56 bits per heavy atom. The van der Waals surface area contributed by atoms with Crippen molar-refractivity contribution in [3.05, 3.63) is 0 Å². The molecule has 3 N–H and O–H groups in total. The maximum Gasteiger partial charge on any atom is 0.240 e. The second-order valence-corrected chi connectivity index (χ2v) is 5.31. The van der Waals surface area contributed by atoms with E-state index in [9.17, 15) is 4.79 Å². The molecule has 0 aromatic rings. The molecule has 1 aliphatic rings. The maximum atomic E-state index is 11.8. The molecule has 0 heterocycles. The van der Waals surface area contributed by atoms with E-state index in [-0.39, 0.29) is 11.9 Å². The van der Waals surface area contributed by atoms with Crippen LogP contribution in [0.2, 0.25) is 0 Å². The van der Waals surface area contributed by atoms with E-state index in [1.165, 1.54) is 0 Å². The van der Waals surface area contributed by atoms with Gasteiger partial charge in [0.2, 0.25) is 5.91 Å². The lowest BCUT2D eigenvalue weighted by atomic mass is 9.92. The number of hydrogen-bond acceptors (Lipinski definition) is 4. The van der Waals surface area contributed by atoms with Gasteiger partial charge in [-0.2, -0.15) is 0 Å². The van der Waals surface area contributed by atoms with Gasteiger partial charge in [-0.25, -0.2) is 0 Å². The predicted octanol–water partition coefficient (Wildman–Crippen LogP) is 0.672. The first-order valence-corrected chi connectivity index (χ1v) is 6.67. The maximum absolute atomic E-state index is 11.8. The van der Waals surface area contributed by atoms with Gasteiger partial charge in [0.15, 0.2) is 0 Å². The first-order chi connectivity index (χ1) is 8.53. The molecule has 0 aliphatic heterocycles. The number of hydrogen-bond donors (Lipinski definition) is 2. The molecular formula is C13H26N2O3. The van der Waals surface area contributed by atoms with Gasteiger partial charge in [-0.05, 0) is 39.0 Å². The Labute approximate surface area is 109 Å². The highest BCUT2D eigenvalue weighted by Gasteiger charge is 2.50. The van der Waals surface area contributed by atoms with Crippen LogP contribution < -0.4 is 11.1 Å². The Bertz CT molecular complexity index is 267. The molecule has 0 spiro atoms. The third kappa shape index (κ3) is 4.23. The Morgan fingerprint density at radius 1 is 1.44 bits per heavy atom. The second-order valence-electron chi connectivity index (χ2n) is 5.31. The largest absolute Gasteiger partial charge is 0.385 e. The van der Waals surface area contributed by atoms with Gasteiger partial charge in [0.1, 0.15) is 5.54 Å². The van der Waals surface area contributed by atoms with Crippen LogP contribution in [0.5, 0.6) is 0 Å². The lowest BCUT2D eigenvalue weighted by Gasteiger charge is -2.33. The van der Waals surface area contributed by atoms with E-state index >= 15 is 0 Å². The molecule has 1 fully saturated rings. The average molecular weight is 258 g/mol. The molecule has 0 radical (unpaired) electrons. The van der Waals surface area contributed by atoms with Crippen LogP contribution in [0.4, 0.5) is 0 Å². The minimum absolute atomic E-state index is 0.209. The molecule has 1 rings (SSSR count). The first-order valence-electron chi connectivity index (χ1n) is 6.67. The van der Waals surface area contributed by atoms with Crippen LogP contribution in [0.1, 0.15) is 33.1 Å². The number of primary amides is 1. The molecule has 1 saturated carbocycles. The molecule has 106 valence electrons. The van der Waals surface area contributed by atoms with Gasteiger partial charge in [-0.3, -0.25) is 10.1 Å². The fraction of sp³-hybridized carbons (Fsp3) is 0.923. The molecule has 0 saturated heterocycles. The zero-order valence-corrected chi connectivity index (χ0v) is 11.7. The summed E-state index contributed by atoms with van der Waals surface area (Å²) in [5, 5.41) is 3.31. The van der Waals surface area contributed by atoms with E-state index in [0.717, 1.165) is 19.3 Å². The van der Waals surface area contributed by atoms with Crippen LogP contribution in [0, 0.1) is 5.92 Å². The summed E-state index contributed by atoms with van der Waals surface area (Å²) >= 11 is 0. The number of nitrogens with one attached hydrogen (secondary N) is 1. The average Bonchev–Trinajstić information content (AvgIpc) is 3.10. The van der Waals surface area contributed by atoms with Gasteiger partial charge < -0.3 is 15.2 Å². The van der Waals surface area contributed by atoms with Gasteiger partial charge in [0, 0.05) is 26.4 Å². The highest BCUT2D eigenvalue weighted by molar-refractivity contribution is 5.85. The van der Waals surface area contributed by atoms with Crippen molar-refractivity contribution in [1.82, 2.24) is 5.32 Å². The summed E-state index contributed by atoms with van der Waals surface area (Å²) in [4.78, 5) is 11.8. The van der Waals surface area contributed by atoms with Crippen molar-refractivity contribution in [2.75, 3.05) is 26.9 Å². The van der Waals surface area contributed by atoms with E-state index in [1.807, 2.05) is 13.8 Å². The topological polar surface area (TPSA) is 73.6 Å². The summed E-state index contributed by atoms with van der Waals surface area (Å²) in [6, 6.07) is 0.209. The van der Waals surface area contributed by atoms with Crippen molar-refractivity contribution in [2.45, 2.75) is 44.7 Å². The summed E-state index contributed by atoms with van der Waals surface area (Å²) in [6.45, 7) is 5.66. The Morgan fingerprint density at radius 2 is 2.11 bits per heavy atom. The van der Waals surface area contributed by atoms with Crippen LogP contribution >= 0.6 is 0 Å². The van der Waals surface area contributed by atoms with Crippen molar-refractivity contribution >= 4 is 5.91 Å². The number of methoxy groups -OCH3 is 1. The first kappa shape index (κ1) is 15.4. The van der Waals surface area contributed by atoms with Crippen molar-refractivity contribution in [1.29, 1.82) is 0 Å². The number of ether oxygens (including phenoxy) is 2. The molecule has 18 heavy (non-hydrogen) atoms. The normalized spacial score (nSPS) is 18.9. The molecule has 5 nitrogen and oxygen atoms in total. The molecule has 1 unspecified atom stereocenters. The number of rotatable bonds is 10. The van der Waals surface area contributed by atoms with E-state index in [2.05, 4.69) is 5.32 Å². The monoisotopic (exact) mass is 258 g/mol. The lowest BCUT2D eigenvalue weighted by molar-refractivity contribution is -0.128. The lowest BCUT2D eigenvalue weighted by Crippen LogP contribution is -2.62. The summed E-state index contributed by atoms with van der Waals surface area (Å²) in [5.41, 5.74) is 4.90. The third-order valence-electron chi connectivity index (χ3n) is 3.23. The van der Waals surface area contributed by atoms with Crippen LogP contribution in [-0.4, -0.2) is 44.4 Å². The zero-order chi connectivity index (χ0) is 13.6. The van der Waals surface area contributed by atoms with Crippen molar-refractivity contribution in [3.8, 4) is 0 Å². The van der Waals surface area contributed by atoms with Gasteiger partial charge in [0.05, 0.1) is 6.61 Å². The fourth-order valence-electron chi connectivity index (χ4n) is 2.25. The molecule has 0 bridgehead atoms. The smallest absolute Gasteiger partial charge is 0.240 e. The predicted molar refractivity (Wildman–Crippen MR) is 70.2 cm³/mol. The van der Waals surface area contributed by atoms with Gasteiger partial charge in [0.25, 0.3) is 0 Å². The Hall–Kier alpha value is -0.650. The van der Waals surface area contributed by atoms with Gasteiger partial charge in [-0.1, -0.05) is 0 Å². The van der Waals surface area contributed by atoms with Crippen LogP contribution in [0.3, 0.4) is 0 Å². The molecule has 1 amide bonds. The zero-order valence-electron chi connectivity index (χ0n) is 11.7. The van der Waals surface area contributed by atoms with E-state index in [4.69, 9.17) is 15.2 Å². The van der Waals surface area contributed by atoms with E-state index in [1.54, 1.807) is 7.11 Å². The third-order valence-corrected chi connectivity index (χ3v) is 3.23. The van der Waals surface area contributed by atoms with Crippen molar-refractivity contribution in [2.24, 2.45) is 11.7 Å². The molecule has 0 aromatic carbocycles. The van der Waals surface area contributed by atoms with Crippen molar-refractivity contribution in [3.63, 3.8) is 0 Å². The van der Waals surface area contributed by atoms with Crippen LogP contribution in [0.15, 0.2) is 0 Å². The summed E-state index contributed by atoms with van der Waals surface area (Å²) in [6.07, 6.45) is 2.92.